The molecule has 1 heterocycles. The van der Waals surface area contributed by atoms with E-state index in [4.69, 9.17) is 14.2 Å². The van der Waals surface area contributed by atoms with Crippen LogP contribution in [-0.4, -0.2) is 53.2 Å². The van der Waals surface area contributed by atoms with E-state index >= 15 is 0 Å². The Balaban J connectivity index is 1.56. The molecule has 0 saturated heterocycles. The Labute approximate surface area is 178 Å². The Bertz CT molecular complexity index is 955. The number of carbonyl (C=O) groups excluding carboxylic acids is 1. The molecule has 0 fully saturated rings. The second-order valence-electron chi connectivity index (χ2n) is 6.20. The SMILES string of the molecule is COc1cc(CNC(=O)CSc2nnnn2Cc2ccccc2)cc(OC)c1OC. The minimum absolute atomic E-state index is 0.136. The van der Waals surface area contributed by atoms with Gasteiger partial charge in [-0.05, 0) is 33.7 Å². The third kappa shape index (κ3) is 5.41. The molecule has 0 spiro atoms. The summed E-state index contributed by atoms with van der Waals surface area (Å²) in [4.78, 5) is 12.3. The molecule has 0 atom stereocenters. The van der Waals surface area contributed by atoms with Gasteiger partial charge in [0.15, 0.2) is 11.5 Å². The van der Waals surface area contributed by atoms with Gasteiger partial charge in [0.25, 0.3) is 0 Å². The highest BCUT2D eigenvalue weighted by molar-refractivity contribution is 7.99. The third-order valence-corrected chi connectivity index (χ3v) is 5.18. The Morgan fingerprint density at radius 1 is 1.03 bits per heavy atom. The number of methoxy groups -OCH3 is 3. The molecule has 158 valence electrons. The molecule has 3 aromatic rings. The van der Waals surface area contributed by atoms with Crippen molar-refractivity contribution in [1.29, 1.82) is 0 Å². The van der Waals surface area contributed by atoms with Crippen LogP contribution in [0, 0.1) is 0 Å². The van der Waals surface area contributed by atoms with Crippen molar-refractivity contribution in [3.05, 3.63) is 53.6 Å². The number of amides is 1. The second-order valence-corrected chi connectivity index (χ2v) is 7.15. The van der Waals surface area contributed by atoms with Gasteiger partial charge in [-0.15, -0.1) is 5.10 Å². The highest BCUT2D eigenvalue weighted by Crippen LogP contribution is 2.38. The maximum atomic E-state index is 12.3. The number of nitrogens with one attached hydrogen (secondary N) is 1. The van der Waals surface area contributed by atoms with Gasteiger partial charge < -0.3 is 19.5 Å². The molecule has 1 aromatic heterocycles. The van der Waals surface area contributed by atoms with Gasteiger partial charge in [-0.1, -0.05) is 42.1 Å². The van der Waals surface area contributed by atoms with Crippen molar-refractivity contribution in [3.8, 4) is 17.2 Å². The first-order valence-corrected chi connectivity index (χ1v) is 10.1. The summed E-state index contributed by atoms with van der Waals surface area (Å²) < 4.78 is 17.7. The van der Waals surface area contributed by atoms with Crippen LogP contribution in [0.15, 0.2) is 47.6 Å². The normalized spacial score (nSPS) is 10.5. The number of tetrazole rings is 1. The quantitative estimate of drug-likeness (QED) is 0.490. The van der Waals surface area contributed by atoms with Gasteiger partial charge in [-0.25, -0.2) is 4.68 Å². The summed E-state index contributed by atoms with van der Waals surface area (Å²) in [6, 6.07) is 13.5. The fourth-order valence-corrected chi connectivity index (χ4v) is 3.48. The zero-order valence-corrected chi connectivity index (χ0v) is 17.8. The predicted octanol–water partition coefficient (Wildman–Crippen LogP) is 2.16. The van der Waals surface area contributed by atoms with Gasteiger partial charge in [0.1, 0.15) is 0 Å². The molecular weight excluding hydrogens is 406 g/mol. The fourth-order valence-electron chi connectivity index (χ4n) is 2.77. The molecule has 2 aromatic carbocycles. The van der Waals surface area contributed by atoms with Crippen molar-refractivity contribution >= 4 is 17.7 Å². The standard InChI is InChI=1S/C20H23N5O4S/c1-27-16-9-15(10-17(28-2)19(16)29-3)11-21-18(26)13-30-20-22-23-24-25(20)12-14-7-5-4-6-8-14/h4-10H,11-13H2,1-3H3,(H,21,26). The van der Waals surface area contributed by atoms with Gasteiger partial charge in [0.05, 0.1) is 33.6 Å². The number of aromatic nitrogens is 4. The van der Waals surface area contributed by atoms with Crippen molar-refractivity contribution in [1.82, 2.24) is 25.5 Å². The fraction of sp³-hybridized carbons (Fsp3) is 0.300. The van der Waals surface area contributed by atoms with E-state index in [9.17, 15) is 4.79 Å². The van der Waals surface area contributed by atoms with Crippen molar-refractivity contribution in [2.24, 2.45) is 0 Å². The van der Waals surface area contributed by atoms with Crippen LogP contribution in [0.2, 0.25) is 0 Å². The van der Waals surface area contributed by atoms with Crippen molar-refractivity contribution in [2.75, 3.05) is 27.1 Å². The number of hydrogen-bond acceptors (Lipinski definition) is 8. The van der Waals surface area contributed by atoms with Gasteiger partial charge in [0, 0.05) is 6.54 Å². The lowest BCUT2D eigenvalue weighted by Gasteiger charge is -2.14. The summed E-state index contributed by atoms with van der Waals surface area (Å²) in [5, 5.41) is 15.2. The first kappa shape index (κ1) is 21.4. The molecule has 0 unspecified atom stereocenters. The number of benzene rings is 2. The minimum atomic E-state index is -0.136. The Hall–Kier alpha value is -3.27. The van der Waals surface area contributed by atoms with Crippen molar-refractivity contribution in [3.63, 3.8) is 0 Å². The molecule has 0 bridgehead atoms. The average Bonchev–Trinajstić information content (AvgIpc) is 3.22. The van der Waals surface area contributed by atoms with Crippen molar-refractivity contribution in [2.45, 2.75) is 18.2 Å². The molecule has 3 rings (SSSR count). The number of ether oxygens (including phenoxy) is 3. The largest absolute Gasteiger partial charge is 0.493 e. The summed E-state index contributed by atoms with van der Waals surface area (Å²) in [7, 11) is 4.65. The van der Waals surface area contributed by atoms with Crippen LogP contribution in [0.1, 0.15) is 11.1 Å². The van der Waals surface area contributed by atoms with E-state index in [1.807, 2.05) is 30.3 Å². The molecule has 10 heteroatoms. The van der Waals surface area contributed by atoms with Crippen molar-refractivity contribution < 1.29 is 19.0 Å². The molecule has 0 radical (unpaired) electrons. The summed E-state index contributed by atoms with van der Waals surface area (Å²) in [6.07, 6.45) is 0. The molecule has 0 saturated carbocycles. The number of rotatable bonds is 10. The lowest BCUT2D eigenvalue weighted by molar-refractivity contribution is -0.118. The average molecular weight is 430 g/mol. The van der Waals surface area contributed by atoms with Gasteiger partial charge in [0.2, 0.25) is 16.8 Å². The van der Waals surface area contributed by atoms with E-state index in [-0.39, 0.29) is 11.7 Å². The first-order chi connectivity index (χ1) is 14.6. The minimum Gasteiger partial charge on any atom is -0.493 e. The Morgan fingerprint density at radius 3 is 2.37 bits per heavy atom. The molecule has 30 heavy (non-hydrogen) atoms. The van der Waals surface area contributed by atoms with Crippen LogP contribution in [0.4, 0.5) is 0 Å². The van der Waals surface area contributed by atoms with Crippen LogP contribution in [0.3, 0.4) is 0 Å². The molecular formula is C20H23N5O4S. The van der Waals surface area contributed by atoms with Crippen LogP contribution in [-0.2, 0) is 17.9 Å². The van der Waals surface area contributed by atoms with E-state index in [1.165, 1.54) is 11.8 Å². The second kappa shape index (κ2) is 10.5. The summed E-state index contributed by atoms with van der Waals surface area (Å²) in [5.41, 5.74) is 1.91. The predicted molar refractivity (Wildman–Crippen MR) is 112 cm³/mol. The van der Waals surface area contributed by atoms with Crippen LogP contribution in [0.5, 0.6) is 17.2 Å². The van der Waals surface area contributed by atoms with Gasteiger partial charge >= 0.3 is 0 Å². The molecule has 0 aliphatic heterocycles. The maximum Gasteiger partial charge on any atom is 0.230 e. The molecule has 1 amide bonds. The third-order valence-electron chi connectivity index (χ3n) is 4.22. The van der Waals surface area contributed by atoms with E-state index in [2.05, 4.69) is 20.8 Å². The monoisotopic (exact) mass is 429 g/mol. The molecule has 0 aliphatic carbocycles. The smallest absolute Gasteiger partial charge is 0.230 e. The first-order valence-electron chi connectivity index (χ1n) is 9.13. The highest BCUT2D eigenvalue weighted by Gasteiger charge is 2.14. The van der Waals surface area contributed by atoms with Crippen LogP contribution < -0.4 is 19.5 Å². The number of nitrogens with zero attached hydrogens (tertiary/aromatic N) is 4. The molecule has 0 aliphatic rings. The number of hydrogen-bond donors (Lipinski definition) is 1. The zero-order valence-electron chi connectivity index (χ0n) is 17.0. The maximum absolute atomic E-state index is 12.3. The topological polar surface area (TPSA) is 100 Å². The Kier molecular flexibility index (Phi) is 7.50. The van der Waals surface area contributed by atoms with E-state index in [0.717, 1.165) is 11.1 Å². The van der Waals surface area contributed by atoms with Gasteiger partial charge in [-0.3, -0.25) is 4.79 Å². The van der Waals surface area contributed by atoms with E-state index in [0.29, 0.717) is 35.5 Å². The molecule has 9 nitrogen and oxygen atoms in total. The number of carbonyl (C=O) groups is 1. The summed E-state index contributed by atoms with van der Waals surface area (Å²) in [6.45, 7) is 0.869. The van der Waals surface area contributed by atoms with Crippen LogP contribution >= 0.6 is 11.8 Å². The summed E-state index contributed by atoms with van der Waals surface area (Å²) in [5.74, 6) is 1.64. The molecule has 1 N–H and O–H groups in total. The Morgan fingerprint density at radius 2 is 1.73 bits per heavy atom. The van der Waals surface area contributed by atoms with E-state index in [1.54, 1.807) is 38.1 Å². The van der Waals surface area contributed by atoms with E-state index < -0.39 is 0 Å². The highest BCUT2D eigenvalue weighted by atomic mass is 32.2. The lowest BCUT2D eigenvalue weighted by atomic mass is 10.2. The van der Waals surface area contributed by atoms with Crippen LogP contribution in [0.25, 0.3) is 0 Å². The number of thioether (sulfide) groups is 1. The van der Waals surface area contributed by atoms with Gasteiger partial charge in [-0.2, -0.15) is 0 Å². The lowest BCUT2D eigenvalue weighted by Crippen LogP contribution is -2.24. The zero-order chi connectivity index (χ0) is 21.3. The summed E-state index contributed by atoms with van der Waals surface area (Å²) >= 11 is 1.28.